The van der Waals surface area contributed by atoms with Crippen molar-refractivity contribution in [2.24, 2.45) is 0 Å². The number of rotatable bonds is 3. The molecule has 0 unspecified atom stereocenters. The van der Waals surface area contributed by atoms with E-state index in [4.69, 9.17) is 4.74 Å². The zero-order valence-electron chi connectivity index (χ0n) is 10.6. The average Bonchev–Trinajstić information content (AvgIpc) is 2.46. The second-order valence-corrected chi connectivity index (χ2v) is 4.65. The van der Waals surface area contributed by atoms with E-state index in [1.807, 2.05) is 18.2 Å². The number of fused-ring (bicyclic) bond motifs is 1. The number of amides is 1. The predicted molar refractivity (Wildman–Crippen MR) is 74.4 cm³/mol. The summed E-state index contributed by atoms with van der Waals surface area (Å²) in [6.45, 7) is 0.108. The smallest absolute Gasteiger partial charge is 0.262 e. The number of hydrogen-bond donors (Lipinski definition) is 1. The lowest BCUT2D eigenvalue weighted by Gasteiger charge is -2.18. The maximum Gasteiger partial charge on any atom is 0.262 e. The van der Waals surface area contributed by atoms with Gasteiger partial charge < -0.3 is 10.1 Å². The highest BCUT2D eigenvalue weighted by Crippen LogP contribution is 2.28. The Morgan fingerprint density at radius 2 is 1.79 bits per heavy atom. The van der Waals surface area contributed by atoms with E-state index >= 15 is 0 Å². The minimum atomic E-state index is -0.0901. The minimum absolute atomic E-state index is 0.0901. The van der Waals surface area contributed by atoms with Crippen LogP contribution in [0, 0.1) is 0 Å². The molecule has 19 heavy (non-hydrogen) atoms. The number of carbonyl (C=O) groups is 1. The van der Waals surface area contributed by atoms with Gasteiger partial charge in [-0.2, -0.15) is 0 Å². The normalized spacial score (nSPS) is 13.4. The van der Waals surface area contributed by atoms with Gasteiger partial charge in [0.25, 0.3) is 5.91 Å². The van der Waals surface area contributed by atoms with Gasteiger partial charge in [0.2, 0.25) is 0 Å². The van der Waals surface area contributed by atoms with E-state index in [0.29, 0.717) is 0 Å². The molecule has 2 aromatic carbocycles. The van der Waals surface area contributed by atoms with Gasteiger partial charge in [0, 0.05) is 0 Å². The van der Waals surface area contributed by atoms with E-state index in [0.717, 1.165) is 24.3 Å². The van der Waals surface area contributed by atoms with Crippen LogP contribution in [-0.2, 0) is 17.6 Å². The van der Waals surface area contributed by atoms with E-state index < -0.39 is 0 Å². The van der Waals surface area contributed by atoms with Crippen LogP contribution in [0.2, 0.25) is 0 Å². The molecule has 2 aromatic rings. The summed E-state index contributed by atoms with van der Waals surface area (Å²) in [7, 11) is 0. The molecule has 1 amide bonds. The average molecular weight is 253 g/mol. The predicted octanol–water partition coefficient (Wildman–Crippen LogP) is 2.80. The van der Waals surface area contributed by atoms with E-state index in [1.165, 1.54) is 11.1 Å². The molecule has 3 heteroatoms. The monoisotopic (exact) mass is 253 g/mol. The van der Waals surface area contributed by atoms with Gasteiger partial charge in [0.15, 0.2) is 6.61 Å². The minimum Gasteiger partial charge on any atom is -0.482 e. The van der Waals surface area contributed by atoms with Crippen LogP contribution in [0.25, 0.3) is 0 Å². The summed E-state index contributed by atoms with van der Waals surface area (Å²) in [4.78, 5) is 11.3. The van der Waals surface area contributed by atoms with Gasteiger partial charge in [-0.05, 0) is 36.1 Å². The third kappa shape index (κ3) is 2.76. The molecule has 0 radical (unpaired) electrons. The highest BCUT2D eigenvalue weighted by atomic mass is 16.5. The van der Waals surface area contributed by atoms with Crippen LogP contribution in [-0.4, -0.2) is 12.5 Å². The van der Waals surface area contributed by atoms with Crippen molar-refractivity contribution < 1.29 is 9.53 Å². The first-order chi connectivity index (χ1) is 9.31. The maximum atomic E-state index is 11.3. The highest BCUT2D eigenvalue weighted by molar-refractivity contribution is 5.95. The number of aryl methyl sites for hydroxylation is 2. The summed E-state index contributed by atoms with van der Waals surface area (Å²) >= 11 is 0. The Labute approximate surface area is 112 Å². The summed E-state index contributed by atoms with van der Waals surface area (Å²) < 4.78 is 5.34. The van der Waals surface area contributed by atoms with Crippen LogP contribution >= 0.6 is 0 Å². The standard InChI is InChI=1S/C16H15NO2/c18-16-11-19-15-9-8-13(10-14(15)17-16)7-6-12-4-2-1-3-5-12/h1-5,8-10H,6-7,11H2,(H,17,18). The van der Waals surface area contributed by atoms with Crippen LogP contribution in [0.3, 0.4) is 0 Å². The fourth-order valence-electron chi connectivity index (χ4n) is 2.22. The molecule has 3 nitrogen and oxygen atoms in total. The van der Waals surface area contributed by atoms with Crippen molar-refractivity contribution in [3.05, 3.63) is 59.7 Å². The Morgan fingerprint density at radius 1 is 1.00 bits per heavy atom. The first-order valence-corrected chi connectivity index (χ1v) is 6.41. The number of hydrogen-bond acceptors (Lipinski definition) is 2. The molecule has 96 valence electrons. The summed E-state index contributed by atoms with van der Waals surface area (Å²) in [5, 5.41) is 2.83. The molecule has 3 rings (SSSR count). The van der Waals surface area contributed by atoms with Crippen molar-refractivity contribution in [2.45, 2.75) is 12.8 Å². The molecular weight excluding hydrogens is 238 g/mol. The van der Waals surface area contributed by atoms with Gasteiger partial charge in [-0.1, -0.05) is 36.4 Å². The topological polar surface area (TPSA) is 38.3 Å². The molecule has 0 aliphatic carbocycles. The summed E-state index contributed by atoms with van der Waals surface area (Å²) in [5.74, 6) is 0.663. The van der Waals surface area contributed by atoms with Crippen molar-refractivity contribution in [1.82, 2.24) is 0 Å². The van der Waals surface area contributed by atoms with Gasteiger partial charge in [0.05, 0.1) is 5.69 Å². The Balaban J connectivity index is 1.72. The lowest BCUT2D eigenvalue weighted by molar-refractivity contribution is -0.118. The molecule has 0 saturated carbocycles. The molecule has 0 aromatic heterocycles. The number of anilines is 1. The fourth-order valence-corrected chi connectivity index (χ4v) is 2.22. The molecule has 1 aliphatic heterocycles. The van der Waals surface area contributed by atoms with Crippen LogP contribution in [0.4, 0.5) is 5.69 Å². The van der Waals surface area contributed by atoms with Gasteiger partial charge in [-0.25, -0.2) is 0 Å². The first kappa shape index (κ1) is 11.8. The van der Waals surface area contributed by atoms with Crippen molar-refractivity contribution >= 4 is 11.6 Å². The number of nitrogens with one attached hydrogen (secondary N) is 1. The maximum absolute atomic E-state index is 11.3. The molecule has 0 atom stereocenters. The number of benzene rings is 2. The molecule has 0 saturated heterocycles. The molecule has 1 heterocycles. The Kier molecular flexibility index (Phi) is 3.19. The Hall–Kier alpha value is -2.29. The van der Waals surface area contributed by atoms with E-state index in [1.54, 1.807) is 0 Å². The van der Waals surface area contributed by atoms with Gasteiger partial charge >= 0.3 is 0 Å². The van der Waals surface area contributed by atoms with Crippen molar-refractivity contribution in [2.75, 3.05) is 11.9 Å². The second-order valence-electron chi connectivity index (χ2n) is 4.65. The summed E-state index contributed by atoms with van der Waals surface area (Å²) in [5.41, 5.74) is 3.30. The van der Waals surface area contributed by atoms with Crippen LogP contribution in [0.5, 0.6) is 5.75 Å². The molecule has 0 spiro atoms. The van der Waals surface area contributed by atoms with Gasteiger partial charge in [0.1, 0.15) is 5.75 Å². The van der Waals surface area contributed by atoms with E-state index in [9.17, 15) is 4.79 Å². The van der Waals surface area contributed by atoms with Crippen molar-refractivity contribution in [3.8, 4) is 5.75 Å². The quantitative estimate of drug-likeness (QED) is 0.913. The summed E-state index contributed by atoms with van der Waals surface area (Å²) in [6.07, 6.45) is 1.95. The van der Waals surface area contributed by atoms with Crippen molar-refractivity contribution in [3.63, 3.8) is 0 Å². The number of ether oxygens (including phenoxy) is 1. The SMILES string of the molecule is O=C1COc2ccc(CCc3ccccc3)cc2N1. The lowest BCUT2D eigenvalue weighted by Crippen LogP contribution is -2.25. The molecule has 0 bridgehead atoms. The molecule has 1 aliphatic rings. The van der Waals surface area contributed by atoms with Gasteiger partial charge in [-0.3, -0.25) is 4.79 Å². The Bertz CT molecular complexity index is 593. The lowest BCUT2D eigenvalue weighted by atomic mass is 10.0. The second kappa shape index (κ2) is 5.14. The molecule has 1 N–H and O–H groups in total. The van der Waals surface area contributed by atoms with Crippen molar-refractivity contribution in [1.29, 1.82) is 0 Å². The highest BCUT2D eigenvalue weighted by Gasteiger charge is 2.15. The third-order valence-corrected chi connectivity index (χ3v) is 3.22. The van der Waals surface area contributed by atoms with Gasteiger partial charge in [-0.15, -0.1) is 0 Å². The van der Waals surface area contributed by atoms with Crippen LogP contribution in [0.15, 0.2) is 48.5 Å². The summed E-state index contributed by atoms with van der Waals surface area (Å²) in [6, 6.07) is 16.4. The molecule has 0 fully saturated rings. The number of carbonyl (C=O) groups excluding carboxylic acids is 1. The van der Waals surface area contributed by atoms with E-state index in [2.05, 4.69) is 35.6 Å². The Morgan fingerprint density at radius 3 is 2.63 bits per heavy atom. The zero-order valence-corrected chi connectivity index (χ0v) is 10.6. The van der Waals surface area contributed by atoms with Crippen LogP contribution < -0.4 is 10.1 Å². The fraction of sp³-hybridized carbons (Fsp3) is 0.188. The molecular formula is C16H15NO2. The zero-order chi connectivity index (χ0) is 13.1. The third-order valence-electron chi connectivity index (χ3n) is 3.22. The first-order valence-electron chi connectivity index (χ1n) is 6.41. The largest absolute Gasteiger partial charge is 0.482 e. The van der Waals surface area contributed by atoms with Crippen LogP contribution in [0.1, 0.15) is 11.1 Å². The van der Waals surface area contributed by atoms with E-state index in [-0.39, 0.29) is 12.5 Å².